The van der Waals surface area contributed by atoms with Gasteiger partial charge in [-0.25, -0.2) is 4.39 Å². The van der Waals surface area contributed by atoms with E-state index in [0.717, 1.165) is 17.5 Å². The maximum atomic E-state index is 13.0. The third-order valence-electron chi connectivity index (χ3n) is 2.17. The van der Waals surface area contributed by atoms with Crippen LogP contribution >= 0.6 is 9.24 Å². The molecule has 1 aromatic carbocycles. The first kappa shape index (κ1) is 9.67. The van der Waals surface area contributed by atoms with Gasteiger partial charge in [0.1, 0.15) is 5.91 Å². The number of aryl methyl sites for hydroxylation is 1. The highest BCUT2D eigenvalue weighted by Gasteiger charge is 2.07. The molecule has 0 radical (unpaired) electrons. The Labute approximate surface area is 75.4 Å². The van der Waals surface area contributed by atoms with Gasteiger partial charge in [-0.3, -0.25) is 0 Å². The Morgan fingerprint density at radius 2 is 2.17 bits per heavy atom. The number of benzene rings is 1. The van der Waals surface area contributed by atoms with Crippen LogP contribution in [0.3, 0.4) is 0 Å². The second kappa shape index (κ2) is 4.00. The monoisotopic (exact) mass is 184 g/mol. The fourth-order valence-corrected chi connectivity index (χ4v) is 1.75. The number of hydrogen-bond donors (Lipinski definition) is 0. The molecule has 0 aliphatic heterocycles. The molecule has 0 heterocycles. The van der Waals surface area contributed by atoms with Crippen LogP contribution in [0.15, 0.2) is 18.2 Å². The van der Waals surface area contributed by atoms with E-state index >= 15 is 0 Å². The molecule has 0 N–H and O–H groups in total. The van der Waals surface area contributed by atoms with Crippen LogP contribution in [0.25, 0.3) is 0 Å². The van der Waals surface area contributed by atoms with Crippen molar-refractivity contribution in [3.63, 3.8) is 0 Å². The number of rotatable bonds is 2. The van der Waals surface area contributed by atoms with Gasteiger partial charge in [-0.1, -0.05) is 34.4 Å². The standard InChI is InChI=1S/C10H14FP/c1-3-8-5-4-6-9(7(8)2)10(11)12/h4-6,10H,3,12H2,1-2H3. The van der Waals surface area contributed by atoms with Gasteiger partial charge in [0.25, 0.3) is 0 Å². The van der Waals surface area contributed by atoms with E-state index in [0.29, 0.717) is 0 Å². The van der Waals surface area contributed by atoms with Gasteiger partial charge in [-0.05, 0) is 30.0 Å². The maximum Gasteiger partial charge on any atom is 0.138 e. The first-order valence-electron chi connectivity index (χ1n) is 4.14. The Morgan fingerprint density at radius 1 is 1.50 bits per heavy atom. The second-order valence-corrected chi connectivity index (χ2v) is 3.47. The molecule has 2 heteroatoms. The molecule has 0 bridgehead atoms. The minimum Gasteiger partial charge on any atom is -0.238 e. The molecule has 0 amide bonds. The Morgan fingerprint density at radius 3 is 2.67 bits per heavy atom. The summed E-state index contributed by atoms with van der Waals surface area (Å²) in [6.45, 7) is 4.06. The van der Waals surface area contributed by atoms with Crippen molar-refractivity contribution in [2.24, 2.45) is 0 Å². The smallest absolute Gasteiger partial charge is 0.138 e. The third kappa shape index (κ3) is 1.84. The number of alkyl halides is 1. The summed E-state index contributed by atoms with van der Waals surface area (Å²) < 4.78 is 13.0. The average molecular weight is 184 g/mol. The molecule has 0 aliphatic carbocycles. The molecule has 1 rings (SSSR count). The van der Waals surface area contributed by atoms with Crippen molar-refractivity contribution in [3.8, 4) is 0 Å². The summed E-state index contributed by atoms with van der Waals surface area (Å²) in [6.07, 6.45) is 0.969. The summed E-state index contributed by atoms with van der Waals surface area (Å²) >= 11 is 0. The zero-order chi connectivity index (χ0) is 9.14. The molecular weight excluding hydrogens is 170 g/mol. The van der Waals surface area contributed by atoms with Crippen LogP contribution in [0.1, 0.15) is 29.5 Å². The Balaban J connectivity index is 3.14. The molecule has 12 heavy (non-hydrogen) atoms. The SMILES string of the molecule is CCc1cccc(C(F)P)c1C. The van der Waals surface area contributed by atoms with Gasteiger partial charge in [0.05, 0.1) is 0 Å². The van der Waals surface area contributed by atoms with E-state index in [9.17, 15) is 4.39 Å². The molecule has 0 fully saturated rings. The molecular formula is C10H14FP. The van der Waals surface area contributed by atoms with Crippen molar-refractivity contribution >= 4 is 9.24 Å². The van der Waals surface area contributed by atoms with Crippen molar-refractivity contribution in [1.82, 2.24) is 0 Å². The first-order chi connectivity index (χ1) is 5.66. The van der Waals surface area contributed by atoms with Gasteiger partial charge in [0, 0.05) is 0 Å². The van der Waals surface area contributed by atoms with Gasteiger partial charge < -0.3 is 0 Å². The highest BCUT2D eigenvalue weighted by Crippen LogP contribution is 2.28. The minimum absolute atomic E-state index is 0.791. The molecule has 0 aromatic heterocycles. The highest BCUT2D eigenvalue weighted by molar-refractivity contribution is 7.16. The van der Waals surface area contributed by atoms with E-state index in [2.05, 4.69) is 16.2 Å². The van der Waals surface area contributed by atoms with Crippen LogP contribution in [-0.4, -0.2) is 0 Å². The van der Waals surface area contributed by atoms with Crippen molar-refractivity contribution < 1.29 is 4.39 Å². The van der Waals surface area contributed by atoms with Crippen LogP contribution in [-0.2, 0) is 6.42 Å². The van der Waals surface area contributed by atoms with Crippen molar-refractivity contribution in [2.75, 3.05) is 0 Å². The number of halogens is 1. The van der Waals surface area contributed by atoms with E-state index in [1.807, 2.05) is 25.1 Å². The number of hydrogen-bond acceptors (Lipinski definition) is 0. The summed E-state index contributed by atoms with van der Waals surface area (Å²) in [5.41, 5.74) is 3.11. The van der Waals surface area contributed by atoms with Crippen LogP contribution in [0.4, 0.5) is 4.39 Å². The molecule has 2 unspecified atom stereocenters. The largest absolute Gasteiger partial charge is 0.238 e. The zero-order valence-corrected chi connectivity index (χ0v) is 8.63. The predicted octanol–water partition coefficient (Wildman–Crippen LogP) is 3.40. The lowest BCUT2D eigenvalue weighted by Crippen LogP contribution is -1.93. The summed E-state index contributed by atoms with van der Waals surface area (Å²) in [5.74, 6) is -0.934. The summed E-state index contributed by atoms with van der Waals surface area (Å²) in [5, 5.41) is 0. The zero-order valence-electron chi connectivity index (χ0n) is 7.47. The molecule has 0 saturated heterocycles. The third-order valence-corrected chi connectivity index (χ3v) is 2.53. The molecule has 0 saturated carbocycles. The van der Waals surface area contributed by atoms with Gasteiger partial charge in [-0.15, -0.1) is 0 Å². The first-order valence-corrected chi connectivity index (χ1v) is 4.81. The second-order valence-electron chi connectivity index (χ2n) is 2.89. The summed E-state index contributed by atoms with van der Waals surface area (Å²) in [4.78, 5) is 0. The van der Waals surface area contributed by atoms with Crippen LogP contribution in [0.2, 0.25) is 0 Å². The normalized spacial score (nSPS) is 13.0. The topological polar surface area (TPSA) is 0 Å². The molecule has 0 nitrogen and oxygen atoms in total. The van der Waals surface area contributed by atoms with Gasteiger partial charge in [0.15, 0.2) is 0 Å². The minimum atomic E-state index is -0.934. The van der Waals surface area contributed by atoms with Crippen molar-refractivity contribution in [2.45, 2.75) is 26.2 Å². The lowest BCUT2D eigenvalue weighted by atomic mass is 10.0. The molecule has 1 aromatic rings. The fraction of sp³-hybridized carbons (Fsp3) is 0.400. The van der Waals surface area contributed by atoms with Crippen LogP contribution < -0.4 is 0 Å². The van der Waals surface area contributed by atoms with Crippen molar-refractivity contribution in [1.29, 1.82) is 0 Å². The van der Waals surface area contributed by atoms with E-state index in [4.69, 9.17) is 0 Å². The summed E-state index contributed by atoms with van der Waals surface area (Å²) in [7, 11) is 2.18. The molecule has 0 aliphatic rings. The highest BCUT2D eigenvalue weighted by atomic mass is 31.0. The van der Waals surface area contributed by atoms with Gasteiger partial charge in [-0.2, -0.15) is 0 Å². The van der Waals surface area contributed by atoms with E-state index in [1.54, 1.807) is 0 Å². The molecule has 0 spiro atoms. The quantitative estimate of drug-likeness (QED) is 0.618. The summed E-state index contributed by atoms with van der Waals surface area (Å²) in [6, 6.07) is 5.80. The van der Waals surface area contributed by atoms with Gasteiger partial charge in [0.2, 0.25) is 0 Å². The Hall–Kier alpha value is -0.420. The fourth-order valence-electron chi connectivity index (χ4n) is 1.39. The molecule has 2 atom stereocenters. The average Bonchev–Trinajstić information content (AvgIpc) is 2.04. The predicted molar refractivity (Wildman–Crippen MR) is 54.1 cm³/mol. The van der Waals surface area contributed by atoms with E-state index in [1.165, 1.54) is 5.56 Å². The Kier molecular flexibility index (Phi) is 3.22. The van der Waals surface area contributed by atoms with E-state index in [-0.39, 0.29) is 0 Å². The van der Waals surface area contributed by atoms with E-state index < -0.39 is 5.91 Å². The Bertz CT molecular complexity index is 269. The maximum absolute atomic E-state index is 13.0. The van der Waals surface area contributed by atoms with Crippen LogP contribution in [0.5, 0.6) is 0 Å². The lowest BCUT2D eigenvalue weighted by Gasteiger charge is -2.10. The van der Waals surface area contributed by atoms with Crippen LogP contribution in [0, 0.1) is 6.92 Å². The van der Waals surface area contributed by atoms with Crippen molar-refractivity contribution in [3.05, 3.63) is 34.9 Å². The lowest BCUT2D eigenvalue weighted by molar-refractivity contribution is 0.467. The van der Waals surface area contributed by atoms with Gasteiger partial charge >= 0.3 is 0 Å². The molecule has 66 valence electrons.